The van der Waals surface area contributed by atoms with Crippen molar-refractivity contribution in [1.82, 2.24) is 5.32 Å². The van der Waals surface area contributed by atoms with Crippen LogP contribution in [-0.4, -0.2) is 34.9 Å². The molecule has 2 unspecified atom stereocenters. The molecule has 0 aromatic heterocycles. The Bertz CT molecular complexity index is 1260. The molecule has 0 saturated heterocycles. The first-order valence-corrected chi connectivity index (χ1v) is 24.4. The van der Waals surface area contributed by atoms with Gasteiger partial charge in [0.15, 0.2) is 0 Å². The van der Waals surface area contributed by atoms with Crippen LogP contribution in [0.25, 0.3) is 0 Å². The first-order chi connectivity index (χ1) is 29.7. The summed E-state index contributed by atoms with van der Waals surface area (Å²) in [7, 11) is 0. The van der Waals surface area contributed by atoms with Crippen LogP contribution in [0.15, 0.2) is 134 Å². The molecule has 1 amide bonds. The fourth-order valence-corrected chi connectivity index (χ4v) is 6.42. The van der Waals surface area contributed by atoms with Crippen molar-refractivity contribution in [3.8, 4) is 0 Å². The molecule has 0 spiro atoms. The maximum Gasteiger partial charge on any atom is 0.220 e. The number of allylic oxidation sites excluding steroid dienone is 21. The van der Waals surface area contributed by atoms with Gasteiger partial charge in [-0.1, -0.05) is 218 Å². The van der Waals surface area contributed by atoms with E-state index >= 15 is 0 Å². The number of aliphatic hydroxyl groups is 2. The van der Waals surface area contributed by atoms with E-state index in [4.69, 9.17) is 0 Å². The van der Waals surface area contributed by atoms with Gasteiger partial charge in [-0.3, -0.25) is 4.79 Å². The molecule has 0 heterocycles. The standard InChI is InChI=1S/C56H91NO3/c1-3-5-7-9-11-13-15-17-19-21-22-23-24-25-26-27-28-29-30-31-32-33-34-36-38-40-42-44-46-48-50-52-56(60)57-54(53-58)55(59)51-49-47-45-43-41-39-37-35-20-18-16-14-12-10-8-6-4-2/h5,7,11,13,17,19,22-23,25-26,28-29,31-32,34,36,40-43,49,51,54-55,58-59H,3-4,6,8-10,12,14-16,18,20-21,24,27,30,33,35,37-39,44-48,50,52-53H2,1-2H3,(H,57,60)/b7-5-,13-11-,19-17-,23-22-,26-25-,29-28-,32-31-,36-34-,42-40-,43-41+,51-49+. The summed E-state index contributed by atoms with van der Waals surface area (Å²) in [6, 6.07) is -0.667. The highest BCUT2D eigenvalue weighted by atomic mass is 16.3. The largest absolute Gasteiger partial charge is 0.394 e. The first-order valence-electron chi connectivity index (χ1n) is 24.4. The quantitative estimate of drug-likeness (QED) is 0.0424. The molecule has 0 bridgehead atoms. The lowest BCUT2D eigenvalue weighted by molar-refractivity contribution is -0.123. The van der Waals surface area contributed by atoms with Crippen molar-refractivity contribution in [2.75, 3.05) is 6.61 Å². The molecule has 0 aromatic rings. The first kappa shape index (κ1) is 56.5. The summed E-state index contributed by atoms with van der Waals surface area (Å²) in [6.07, 6.45) is 78.5. The molecule has 60 heavy (non-hydrogen) atoms. The molecule has 2 atom stereocenters. The van der Waals surface area contributed by atoms with E-state index in [1.165, 1.54) is 70.6 Å². The van der Waals surface area contributed by atoms with Crippen LogP contribution in [0.2, 0.25) is 0 Å². The van der Waals surface area contributed by atoms with Crippen LogP contribution in [0.3, 0.4) is 0 Å². The SMILES string of the molecule is CC/C=C\C/C=C\C/C=C\C/C=C\C/C=C\C/C=C\C/C=C\C/C=C\C/C=C\CCCCCC(=O)NC(CO)C(O)/C=C/CC/C=C/CCCCCCCCCCCCC. The number of carbonyl (C=O) groups excluding carboxylic acids is 1. The number of amides is 1. The Kier molecular flexibility index (Phi) is 47.0. The molecule has 0 fully saturated rings. The molecule has 338 valence electrons. The molecule has 0 saturated carbocycles. The van der Waals surface area contributed by atoms with Crippen LogP contribution in [-0.2, 0) is 4.79 Å². The molecular formula is C56H91NO3. The van der Waals surface area contributed by atoms with Gasteiger partial charge in [-0.15, -0.1) is 0 Å². The van der Waals surface area contributed by atoms with Crippen molar-refractivity contribution < 1.29 is 15.0 Å². The number of nitrogens with one attached hydrogen (secondary N) is 1. The van der Waals surface area contributed by atoms with Gasteiger partial charge >= 0.3 is 0 Å². The molecule has 3 N–H and O–H groups in total. The summed E-state index contributed by atoms with van der Waals surface area (Å²) < 4.78 is 0. The summed E-state index contributed by atoms with van der Waals surface area (Å²) >= 11 is 0. The zero-order valence-electron chi connectivity index (χ0n) is 38.7. The lowest BCUT2D eigenvalue weighted by Crippen LogP contribution is -2.45. The summed E-state index contributed by atoms with van der Waals surface area (Å²) in [4.78, 5) is 12.4. The van der Waals surface area contributed by atoms with E-state index in [0.717, 1.165) is 103 Å². The van der Waals surface area contributed by atoms with Crippen LogP contribution in [0.1, 0.15) is 194 Å². The van der Waals surface area contributed by atoms with E-state index in [1.54, 1.807) is 6.08 Å². The average molecular weight is 826 g/mol. The Labute approximate surface area is 371 Å². The third-order valence-electron chi connectivity index (χ3n) is 10.1. The van der Waals surface area contributed by atoms with Crippen LogP contribution < -0.4 is 5.32 Å². The number of unbranched alkanes of at least 4 members (excludes halogenated alkanes) is 15. The molecule has 0 aliphatic carbocycles. The van der Waals surface area contributed by atoms with Crippen LogP contribution in [0.5, 0.6) is 0 Å². The summed E-state index contributed by atoms with van der Waals surface area (Å²) in [5, 5.41) is 23.0. The third kappa shape index (κ3) is 45.6. The summed E-state index contributed by atoms with van der Waals surface area (Å²) in [6.45, 7) is 4.15. The second-order valence-corrected chi connectivity index (χ2v) is 15.8. The number of aliphatic hydroxyl groups excluding tert-OH is 2. The average Bonchev–Trinajstić information content (AvgIpc) is 3.25. The maximum absolute atomic E-state index is 12.4. The Morgan fingerprint density at radius 3 is 1.17 bits per heavy atom. The maximum atomic E-state index is 12.4. The van der Waals surface area contributed by atoms with E-state index < -0.39 is 12.1 Å². The van der Waals surface area contributed by atoms with Gasteiger partial charge in [0.1, 0.15) is 0 Å². The van der Waals surface area contributed by atoms with E-state index in [9.17, 15) is 15.0 Å². The molecule has 0 aromatic carbocycles. The number of hydrogen-bond acceptors (Lipinski definition) is 3. The normalized spacial score (nSPS) is 14.1. The zero-order chi connectivity index (χ0) is 43.5. The third-order valence-corrected chi connectivity index (χ3v) is 10.1. The molecule has 4 heteroatoms. The molecule has 0 aliphatic rings. The molecule has 4 nitrogen and oxygen atoms in total. The summed E-state index contributed by atoms with van der Waals surface area (Å²) in [5.74, 6) is -0.112. The van der Waals surface area contributed by atoms with E-state index in [1.807, 2.05) is 6.08 Å². The van der Waals surface area contributed by atoms with E-state index in [2.05, 4.69) is 141 Å². The predicted molar refractivity (Wildman–Crippen MR) is 266 cm³/mol. The van der Waals surface area contributed by atoms with Gasteiger partial charge in [-0.2, -0.15) is 0 Å². The van der Waals surface area contributed by atoms with Crippen molar-refractivity contribution in [1.29, 1.82) is 0 Å². The number of carbonyl (C=O) groups is 1. The van der Waals surface area contributed by atoms with Crippen molar-refractivity contribution in [3.63, 3.8) is 0 Å². The van der Waals surface area contributed by atoms with E-state index in [-0.39, 0.29) is 12.5 Å². The van der Waals surface area contributed by atoms with Crippen LogP contribution in [0, 0.1) is 0 Å². The van der Waals surface area contributed by atoms with Gasteiger partial charge in [0.2, 0.25) is 5.91 Å². The highest BCUT2D eigenvalue weighted by Crippen LogP contribution is 2.12. The topological polar surface area (TPSA) is 69.6 Å². The minimum atomic E-state index is -0.886. The highest BCUT2D eigenvalue weighted by Gasteiger charge is 2.17. The molecule has 0 radical (unpaired) electrons. The van der Waals surface area contributed by atoms with Gasteiger partial charge in [0.05, 0.1) is 18.8 Å². The van der Waals surface area contributed by atoms with Gasteiger partial charge in [-0.25, -0.2) is 0 Å². The van der Waals surface area contributed by atoms with Gasteiger partial charge in [0.25, 0.3) is 0 Å². The fraction of sp³-hybridized carbons (Fsp3) is 0.589. The van der Waals surface area contributed by atoms with Gasteiger partial charge in [-0.05, 0) is 103 Å². The van der Waals surface area contributed by atoms with Crippen LogP contribution in [0.4, 0.5) is 0 Å². The predicted octanol–water partition coefficient (Wildman–Crippen LogP) is 15.9. The van der Waals surface area contributed by atoms with E-state index in [0.29, 0.717) is 6.42 Å². The monoisotopic (exact) mass is 826 g/mol. The Morgan fingerprint density at radius 2 is 0.750 bits per heavy atom. The van der Waals surface area contributed by atoms with Crippen molar-refractivity contribution >= 4 is 5.91 Å². The van der Waals surface area contributed by atoms with Gasteiger partial charge < -0.3 is 15.5 Å². The van der Waals surface area contributed by atoms with Crippen molar-refractivity contribution in [2.45, 2.75) is 206 Å². The lowest BCUT2D eigenvalue weighted by atomic mass is 10.1. The lowest BCUT2D eigenvalue weighted by Gasteiger charge is -2.19. The Morgan fingerprint density at radius 1 is 0.417 bits per heavy atom. The summed E-state index contributed by atoms with van der Waals surface area (Å²) in [5.41, 5.74) is 0. The van der Waals surface area contributed by atoms with Crippen molar-refractivity contribution in [2.24, 2.45) is 0 Å². The molecular weight excluding hydrogens is 735 g/mol. The Hall–Kier alpha value is -3.47. The number of hydrogen-bond donors (Lipinski definition) is 3. The molecule has 0 aliphatic heterocycles. The van der Waals surface area contributed by atoms with Gasteiger partial charge in [0, 0.05) is 6.42 Å². The Balaban J connectivity index is 3.76. The fourth-order valence-electron chi connectivity index (χ4n) is 6.42. The number of rotatable bonds is 42. The highest BCUT2D eigenvalue weighted by molar-refractivity contribution is 5.76. The minimum Gasteiger partial charge on any atom is -0.394 e. The second-order valence-electron chi connectivity index (χ2n) is 15.8. The smallest absolute Gasteiger partial charge is 0.220 e. The zero-order valence-corrected chi connectivity index (χ0v) is 38.7. The van der Waals surface area contributed by atoms with Crippen molar-refractivity contribution in [3.05, 3.63) is 134 Å². The second kappa shape index (κ2) is 49.9. The van der Waals surface area contributed by atoms with Crippen LogP contribution >= 0.6 is 0 Å². The minimum absolute atomic E-state index is 0.112. The molecule has 0 rings (SSSR count).